The van der Waals surface area contributed by atoms with Crippen LogP contribution in [-0.4, -0.2) is 72.5 Å². The van der Waals surface area contributed by atoms with Gasteiger partial charge < -0.3 is 14.7 Å². The molecule has 0 aliphatic carbocycles. The zero-order valence-corrected chi connectivity index (χ0v) is 11.9. The van der Waals surface area contributed by atoms with Crippen LogP contribution < -0.4 is 0 Å². The molecule has 1 aliphatic heterocycles. The normalized spacial score (nSPS) is 20.6. The Bertz CT molecular complexity index is 278. The molecule has 0 spiro atoms. The lowest BCUT2D eigenvalue weighted by atomic mass is 10.1. The third-order valence-corrected chi connectivity index (χ3v) is 3.37. The van der Waals surface area contributed by atoms with Gasteiger partial charge in [0.05, 0.1) is 12.7 Å². The molecule has 0 unspecified atom stereocenters. The standard InChI is InChI=1S/C14H26N2O2/c1-5-14(3,4)18-12-13(17)11-16-9-7-15(6-2)8-10-16/h1,13,17H,6-12H2,2-4H3/t13-/m0/s1. The summed E-state index contributed by atoms with van der Waals surface area (Å²) in [6, 6.07) is 0. The highest BCUT2D eigenvalue weighted by Gasteiger charge is 2.20. The number of ether oxygens (including phenoxy) is 1. The second-order valence-electron chi connectivity index (χ2n) is 5.35. The first-order chi connectivity index (χ1) is 8.46. The summed E-state index contributed by atoms with van der Waals surface area (Å²) in [5, 5.41) is 9.93. The molecule has 1 atom stereocenters. The van der Waals surface area contributed by atoms with Crippen molar-refractivity contribution in [3.63, 3.8) is 0 Å². The van der Waals surface area contributed by atoms with Crippen LogP contribution in [0.1, 0.15) is 20.8 Å². The SMILES string of the molecule is C#CC(C)(C)OC[C@@H](O)CN1CCN(CC)CC1. The summed E-state index contributed by atoms with van der Waals surface area (Å²) in [6.45, 7) is 12.1. The third-order valence-electron chi connectivity index (χ3n) is 3.37. The number of piperazine rings is 1. The highest BCUT2D eigenvalue weighted by Crippen LogP contribution is 2.08. The van der Waals surface area contributed by atoms with Crippen molar-refractivity contribution in [1.82, 2.24) is 9.80 Å². The number of hydrogen-bond donors (Lipinski definition) is 1. The van der Waals surface area contributed by atoms with Crippen molar-refractivity contribution in [2.75, 3.05) is 45.9 Å². The molecule has 4 heteroatoms. The number of aliphatic hydroxyl groups excluding tert-OH is 1. The Balaban J connectivity index is 2.21. The second-order valence-corrected chi connectivity index (χ2v) is 5.35. The van der Waals surface area contributed by atoms with E-state index in [1.54, 1.807) is 0 Å². The lowest BCUT2D eigenvalue weighted by Gasteiger charge is -2.35. The van der Waals surface area contributed by atoms with E-state index in [4.69, 9.17) is 11.2 Å². The zero-order valence-electron chi connectivity index (χ0n) is 11.9. The van der Waals surface area contributed by atoms with E-state index in [9.17, 15) is 5.11 Å². The van der Waals surface area contributed by atoms with Crippen molar-refractivity contribution in [2.45, 2.75) is 32.5 Å². The van der Waals surface area contributed by atoms with Crippen LogP contribution in [-0.2, 0) is 4.74 Å². The summed E-state index contributed by atoms with van der Waals surface area (Å²) in [4.78, 5) is 4.70. The van der Waals surface area contributed by atoms with Gasteiger partial charge in [-0.3, -0.25) is 4.90 Å². The number of aliphatic hydroxyl groups is 1. The Kier molecular flexibility index (Phi) is 6.10. The highest BCUT2D eigenvalue weighted by molar-refractivity contribution is 5.02. The Morgan fingerprint density at radius 3 is 2.33 bits per heavy atom. The summed E-state index contributed by atoms with van der Waals surface area (Å²) in [6.07, 6.45) is 4.87. The molecular weight excluding hydrogens is 228 g/mol. The van der Waals surface area contributed by atoms with E-state index in [0.29, 0.717) is 13.2 Å². The van der Waals surface area contributed by atoms with Crippen LogP contribution in [0, 0.1) is 12.3 Å². The first kappa shape index (κ1) is 15.5. The Morgan fingerprint density at radius 1 is 1.28 bits per heavy atom. The molecule has 4 nitrogen and oxygen atoms in total. The summed E-state index contributed by atoms with van der Waals surface area (Å²) in [7, 11) is 0. The van der Waals surface area contributed by atoms with Crippen molar-refractivity contribution < 1.29 is 9.84 Å². The minimum absolute atomic E-state index is 0.297. The average Bonchev–Trinajstić information content (AvgIpc) is 2.37. The van der Waals surface area contributed by atoms with Gasteiger partial charge in [0.25, 0.3) is 0 Å². The molecule has 1 fully saturated rings. The number of terminal acetylenes is 1. The molecule has 0 aromatic rings. The van der Waals surface area contributed by atoms with Gasteiger partial charge in [-0.2, -0.15) is 0 Å². The molecule has 0 radical (unpaired) electrons. The molecule has 0 saturated carbocycles. The fourth-order valence-electron chi connectivity index (χ4n) is 1.99. The maximum atomic E-state index is 9.93. The predicted octanol–water partition coefficient (Wildman–Crippen LogP) is 0.413. The first-order valence-electron chi connectivity index (χ1n) is 6.71. The van der Waals surface area contributed by atoms with Crippen LogP contribution in [0.5, 0.6) is 0 Å². The molecule has 0 aromatic heterocycles. The van der Waals surface area contributed by atoms with Gasteiger partial charge in [0.2, 0.25) is 0 Å². The number of likely N-dealkylation sites (N-methyl/N-ethyl adjacent to an activating group) is 1. The molecule has 0 aromatic carbocycles. The van der Waals surface area contributed by atoms with Gasteiger partial charge in [-0.1, -0.05) is 12.8 Å². The van der Waals surface area contributed by atoms with Gasteiger partial charge in [0, 0.05) is 32.7 Å². The molecule has 18 heavy (non-hydrogen) atoms. The lowest BCUT2D eigenvalue weighted by Crippen LogP contribution is -2.49. The molecular formula is C14H26N2O2. The van der Waals surface area contributed by atoms with Crippen LogP contribution in [0.25, 0.3) is 0 Å². The molecule has 1 N–H and O–H groups in total. The zero-order chi connectivity index (χ0) is 13.6. The maximum Gasteiger partial charge on any atom is 0.122 e. The van der Waals surface area contributed by atoms with E-state index in [1.165, 1.54) is 0 Å². The van der Waals surface area contributed by atoms with Gasteiger partial charge in [0.1, 0.15) is 5.60 Å². The van der Waals surface area contributed by atoms with E-state index >= 15 is 0 Å². The molecule has 1 heterocycles. The number of β-amino-alcohol motifs (C(OH)–C–C–N with tert-alkyl or cyclic N) is 1. The van der Waals surface area contributed by atoms with Gasteiger partial charge in [-0.15, -0.1) is 6.42 Å². The van der Waals surface area contributed by atoms with Crippen LogP contribution in [0.3, 0.4) is 0 Å². The second kappa shape index (κ2) is 7.10. The van der Waals surface area contributed by atoms with E-state index in [0.717, 1.165) is 32.7 Å². The van der Waals surface area contributed by atoms with Crippen molar-refractivity contribution in [2.24, 2.45) is 0 Å². The van der Waals surface area contributed by atoms with Crippen LogP contribution >= 0.6 is 0 Å². The largest absolute Gasteiger partial charge is 0.389 e. The van der Waals surface area contributed by atoms with Crippen LogP contribution in [0.2, 0.25) is 0 Å². The minimum Gasteiger partial charge on any atom is -0.389 e. The van der Waals surface area contributed by atoms with E-state index in [2.05, 4.69) is 22.6 Å². The lowest BCUT2D eigenvalue weighted by molar-refractivity contribution is -0.0407. The summed E-state index contributed by atoms with van der Waals surface area (Å²) >= 11 is 0. The Hall–Kier alpha value is -0.600. The molecule has 1 saturated heterocycles. The van der Waals surface area contributed by atoms with Crippen LogP contribution in [0.4, 0.5) is 0 Å². The topological polar surface area (TPSA) is 35.9 Å². The van der Waals surface area contributed by atoms with Crippen molar-refractivity contribution in [3.8, 4) is 12.3 Å². The van der Waals surface area contributed by atoms with E-state index < -0.39 is 11.7 Å². The maximum absolute atomic E-state index is 9.93. The van der Waals surface area contributed by atoms with Gasteiger partial charge >= 0.3 is 0 Å². The summed E-state index contributed by atoms with van der Waals surface area (Å²) < 4.78 is 5.50. The summed E-state index contributed by atoms with van der Waals surface area (Å²) in [5.41, 5.74) is -0.595. The number of rotatable bonds is 6. The monoisotopic (exact) mass is 254 g/mol. The molecule has 0 bridgehead atoms. The first-order valence-corrected chi connectivity index (χ1v) is 6.71. The highest BCUT2D eigenvalue weighted by atomic mass is 16.5. The predicted molar refractivity (Wildman–Crippen MR) is 73.4 cm³/mol. The van der Waals surface area contributed by atoms with Gasteiger partial charge in [-0.05, 0) is 20.4 Å². The Labute approximate surface area is 111 Å². The molecule has 1 aliphatic rings. The Morgan fingerprint density at radius 2 is 1.83 bits per heavy atom. The smallest absolute Gasteiger partial charge is 0.122 e. The number of hydrogen-bond acceptors (Lipinski definition) is 4. The van der Waals surface area contributed by atoms with Crippen molar-refractivity contribution in [3.05, 3.63) is 0 Å². The van der Waals surface area contributed by atoms with E-state index in [1.807, 2.05) is 13.8 Å². The van der Waals surface area contributed by atoms with Crippen molar-refractivity contribution >= 4 is 0 Å². The quantitative estimate of drug-likeness (QED) is 0.697. The molecule has 1 rings (SSSR count). The van der Waals surface area contributed by atoms with Gasteiger partial charge in [0.15, 0.2) is 0 Å². The van der Waals surface area contributed by atoms with E-state index in [-0.39, 0.29) is 0 Å². The fraction of sp³-hybridized carbons (Fsp3) is 0.857. The molecule has 104 valence electrons. The van der Waals surface area contributed by atoms with Crippen molar-refractivity contribution in [1.29, 1.82) is 0 Å². The fourth-order valence-corrected chi connectivity index (χ4v) is 1.99. The number of nitrogens with zero attached hydrogens (tertiary/aromatic N) is 2. The third kappa shape index (κ3) is 5.36. The van der Waals surface area contributed by atoms with Gasteiger partial charge in [-0.25, -0.2) is 0 Å². The van der Waals surface area contributed by atoms with Crippen LogP contribution in [0.15, 0.2) is 0 Å². The average molecular weight is 254 g/mol. The minimum atomic E-state index is -0.595. The summed E-state index contributed by atoms with van der Waals surface area (Å²) in [5.74, 6) is 2.56. The molecule has 0 amide bonds.